The first-order valence-electron chi connectivity index (χ1n) is 8.99. The van der Waals surface area contributed by atoms with Crippen LogP contribution in [-0.2, 0) is 7.05 Å². The molecule has 1 aliphatic rings. The lowest BCUT2D eigenvalue weighted by Crippen LogP contribution is -2.40. The first kappa shape index (κ1) is 17.6. The van der Waals surface area contributed by atoms with Crippen LogP contribution in [0.3, 0.4) is 0 Å². The van der Waals surface area contributed by atoms with Crippen LogP contribution in [0.2, 0.25) is 0 Å². The Kier molecular flexibility index (Phi) is 4.20. The summed E-state index contributed by atoms with van der Waals surface area (Å²) in [6.45, 7) is 1.92. The molecule has 0 unspecified atom stereocenters. The third-order valence-electron chi connectivity index (χ3n) is 5.35. The predicted octanol–water partition coefficient (Wildman–Crippen LogP) is 3.58. The molecule has 0 atom stereocenters. The van der Waals surface area contributed by atoms with Crippen molar-refractivity contribution < 1.29 is 13.6 Å². The molecule has 4 rings (SSSR count). The lowest BCUT2D eigenvalue weighted by Gasteiger charge is -2.28. The summed E-state index contributed by atoms with van der Waals surface area (Å²) >= 11 is 0. The average molecular weight is 373 g/mol. The van der Waals surface area contributed by atoms with Crippen LogP contribution >= 0.6 is 0 Å². The molecule has 3 aromatic rings. The summed E-state index contributed by atoms with van der Waals surface area (Å²) in [5.41, 5.74) is 2.90. The first-order valence-corrected chi connectivity index (χ1v) is 8.99. The predicted molar refractivity (Wildman–Crippen MR) is 97.7 cm³/mol. The maximum absolute atomic E-state index is 13.3. The molecule has 2 heterocycles. The lowest BCUT2D eigenvalue weighted by atomic mass is 9.92. The highest BCUT2D eigenvalue weighted by molar-refractivity contribution is 6.05. The minimum atomic E-state index is -2.61. The van der Waals surface area contributed by atoms with Crippen LogP contribution in [-0.4, -0.2) is 37.6 Å². The van der Waals surface area contributed by atoms with E-state index in [0.717, 1.165) is 22.6 Å². The van der Waals surface area contributed by atoms with Crippen molar-refractivity contribution in [2.75, 3.05) is 0 Å². The number of aryl methyl sites for hydroxylation is 1. The van der Waals surface area contributed by atoms with Gasteiger partial charge in [-0.3, -0.25) is 9.89 Å². The number of aromatic amines is 1. The second-order valence-corrected chi connectivity index (χ2v) is 7.19. The van der Waals surface area contributed by atoms with Gasteiger partial charge in [-0.25, -0.2) is 13.8 Å². The van der Waals surface area contributed by atoms with Gasteiger partial charge in [-0.1, -0.05) is 6.07 Å². The Labute approximate surface area is 155 Å². The number of halogens is 2. The molecule has 2 N–H and O–H groups in total. The number of benzene rings is 1. The van der Waals surface area contributed by atoms with E-state index in [2.05, 4.69) is 20.5 Å². The number of H-pyrrole nitrogens is 1. The van der Waals surface area contributed by atoms with E-state index in [4.69, 9.17) is 0 Å². The molecule has 1 amide bonds. The van der Waals surface area contributed by atoms with E-state index in [9.17, 15) is 13.6 Å². The van der Waals surface area contributed by atoms with Crippen molar-refractivity contribution in [3.63, 3.8) is 0 Å². The molecule has 0 radical (unpaired) electrons. The number of hydrogen-bond donors (Lipinski definition) is 2. The van der Waals surface area contributed by atoms with Gasteiger partial charge in [0.25, 0.3) is 5.91 Å². The zero-order chi connectivity index (χ0) is 19.2. The number of rotatable bonds is 3. The molecule has 1 fully saturated rings. The highest BCUT2D eigenvalue weighted by atomic mass is 19.3. The molecule has 0 aliphatic heterocycles. The van der Waals surface area contributed by atoms with Crippen molar-refractivity contribution >= 4 is 16.8 Å². The quantitative estimate of drug-likeness (QED) is 0.737. The summed E-state index contributed by atoms with van der Waals surface area (Å²) in [7, 11) is 1.93. The van der Waals surface area contributed by atoms with Gasteiger partial charge in [-0.05, 0) is 31.9 Å². The summed E-state index contributed by atoms with van der Waals surface area (Å²) in [6.07, 6.45) is 1.96. The second-order valence-electron chi connectivity index (χ2n) is 7.19. The molecule has 0 spiro atoms. The summed E-state index contributed by atoms with van der Waals surface area (Å²) < 4.78 is 28.6. The fourth-order valence-corrected chi connectivity index (χ4v) is 3.55. The molecule has 27 heavy (non-hydrogen) atoms. The van der Waals surface area contributed by atoms with Crippen LogP contribution in [0.15, 0.2) is 24.4 Å². The molecule has 1 aromatic carbocycles. The number of nitrogens with one attached hydrogen (secondary N) is 2. The van der Waals surface area contributed by atoms with E-state index >= 15 is 0 Å². The Morgan fingerprint density at radius 3 is 2.74 bits per heavy atom. The highest BCUT2D eigenvalue weighted by Gasteiger charge is 2.35. The van der Waals surface area contributed by atoms with Crippen LogP contribution in [0, 0.1) is 6.92 Å². The Hall–Kier alpha value is -2.77. The molecular formula is C19H21F2N5O. The minimum absolute atomic E-state index is 0.191. The van der Waals surface area contributed by atoms with Gasteiger partial charge in [0.2, 0.25) is 5.92 Å². The minimum Gasteiger partial charge on any atom is -0.348 e. The summed E-state index contributed by atoms with van der Waals surface area (Å²) in [5, 5.41) is 10.6. The van der Waals surface area contributed by atoms with Gasteiger partial charge in [0.15, 0.2) is 5.69 Å². The highest BCUT2D eigenvalue weighted by Crippen LogP contribution is 2.33. The molecule has 8 heteroatoms. The van der Waals surface area contributed by atoms with E-state index in [1.165, 1.54) is 0 Å². The standard InChI is InChI=1S/C19H21F2N5O/c1-11-22-10-16(26(11)2)12-3-4-15-14(9-12)17(25-24-15)18(27)23-13-5-7-19(20,21)8-6-13/h3-4,9-10,13H,5-8H2,1-2H3,(H,23,27)(H,24,25). The van der Waals surface area contributed by atoms with Gasteiger partial charge in [0, 0.05) is 36.9 Å². The molecule has 142 valence electrons. The fraction of sp³-hybridized carbons (Fsp3) is 0.421. The Bertz CT molecular complexity index is 997. The van der Waals surface area contributed by atoms with Crippen molar-refractivity contribution in [2.45, 2.75) is 44.6 Å². The maximum atomic E-state index is 13.3. The van der Waals surface area contributed by atoms with E-state index in [0.29, 0.717) is 5.39 Å². The zero-order valence-electron chi connectivity index (χ0n) is 15.2. The monoisotopic (exact) mass is 373 g/mol. The number of aromatic nitrogens is 4. The smallest absolute Gasteiger partial charge is 0.272 e. The number of nitrogens with zero attached hydrogens (tertiary/aromatic N) is 3. The summed E-state index contributed by atoms with van der Waals surface area (Å²) in [6, 6.07) is 5.48. The van der Waals surface area contributed by atoms with E-state index in [-0.39, 0.29) is 43.3 Å². The van der Waals surface area contributed by atoms with Crippen molar-refractivity contribution in [1.29, 1.82) is 0 Å². The average Bonchev–Trinajstić information content (AvgIpc) is 3.20. The number of imidazole rings is 1. The maximum Gasteiger partial charge on any atom is 0.272 e. The number of carbonyl (C=O) groups is 1. The van der Waals surface area contributed by atoms with Gasteiger partial charge >= 0.3 is 0 Å². The van der Waals surface area contributed by atoms with E-state index in [1.807, 2.05) is 36.7 Å². The van der Waals surface area contributed by atoms with E-state index < -0.39 is 5.92 Å². The third kappa shape index (κ3) is 3.31. The van der Waals surface area contributed by atoms with Crippen molar-refractivity contribution in [3.05, 3.63) is 35.9 Å². The number of alkyl halides is 2. The van der Waals surface area contributed by atoms with Crippen LogP contribution < -0.4 is 5.32 Å². The molecule has 2 aromatic heterocycles. The molecule has 1 aliphatic carbocycles. The first-order chi connectivity index (χ1) is 12.8. The number of carbonyl (C=O) groups excluding carboxylic acids is 1. The zero-order valence-corrected chi connectivity index (χ0v) is 15.2. The Balaban J connectivity index is 1.59. The van der Waals surface area contributed by atoms with Crippen LogP contribution in [0.5, 0.6) is 0 Å². The Morgan fingerprint density at radius 2 is 2.07 bits per heavy atom. The van der Waals surface area contributed by atoms with Crippen molar-refractivity contribution in [3.8, 4) is 11.3 Å². The topological polar surface area (TPSA) is 75.6 Å². The van der Waals surface area contributed by atoms with Gasteiger partial charge in [0.05, 0.1) is 17.4 Å². The molecule has 0 saturated heterocycles. The van der Waals surface area contributed by atoms with Crippen LogP contribution in [0.25, 0.3) is 22.2 Å². The number of fused-ring (bicyclic) bond motifs is 1. The number of amides is 1. The van der Waals surface area contributed by atoms with Crippen molar-refractivity contribution in [1.82, 2.24) is 25.1 Å². The largest absolute Gasteiger partial charge is 0.348 e. The SMILES string of the molecule is Cc1ncc(-c2ccc3[nH]nc(C(=O)NC4CCC(F)(F)CC4)c3c2)n1C. The summed E-state index contributed by atoms with van der Waals surface area (Å²) in [4.78, 5) is 17.0. The van der Waals surface area contributed by atoms with Gasteiger partial charge in [-0.2, -0.15) is 5.10 Å². The van der Waals surface area contributed by atoms with E-state index in [1.54, 1.807) is 6.20 Å². The van der Waals surface area contributed by atoms with Crippen molar-refractivity contribution in [2.24, 2.45) is 7.05 Å². The molecular weight excluding hydrogens is 352 g/mol. The Morgan fingerprint density at radius 1 is 1.33 bits per heavy atom. The van der Waals surface area contributed by atoms with Gasteiger partial charge < -0.3 is 9.88 Å². The molecule has 1 saturated carbocycles. The third-order valence-corrected chi connectivity index (χ3v) is 5.35. The van der Waals surface area contributed by atoms with Crippen LogP contribution in [0.1, 0.15) is 42.0 Å². The fourth-order valence-electron chi connectivity index (χ4n) is 3.55. The van der Waals surface area contributed by atoms with Crippen LogP contribution in [0.4, 0.5) is 8.78 Å². The van der Waals surface area contributed by atoms with Gasteiger partial charge in [0.1, 0.15) is 5.82 Å². The molecule has 0 bridgehead atoms. The molecule has 6 nitrogen and oxygen atoms in total. The number of hydrogen-bond acceptors (Lipinski definition) is 3. The van der Waals surface area contributed by atoms with Gasteiger partial charge in [-0.15, -0.1) is 0 Å². The second kappa shape index (κ2) is 6.44. The lowest BCUT2D eigenvalue weighted by molar-refractivity contribution is -0.0399. The normalized spacial score (nSPS) is 17.3. The summed E-state index contributed by atoms with van der Waals surface area (Å²) in [5.74, 6) is -2.06.